The molecule has 1 rings (SSSR count). The lowest BCUT2D eigenvalue weighted by Crippen LogP contribution is -2.30. The van der Waals surface area contributed by atoms with Gasteiger partial charge >= 0.3 is 0 Å². The minimum atomic E-state index is 0.000521. The molecule has 4 nitrogen and oxygen atoms in total. The highest BCUT2D eigenvalue weighted by Crippen LogP contribution is 2.19. The van der Waals surface area contributed by atoms with Crippen molar-refractivity contribution in [2.75, 3.05) is 18.4 Å². The van der Waals surface area contributed by atoms with Gasteiger partial charge in [0.2, 0.25) is 5.91 Å². The molecule has 1 aromatic heterocycles. The molecule has 0 aliphatic heterocycles. The lowest BCUT2D eigenvalue weighted by atomic mass is 10.4. The molecular weight excluding hydrogens is 258 g/mol. The maximum Gasteiger partial charge on any atom is 0.239 e. The van der Waals surface area contributed by atoms with Crippen LogP contribution in [-0.2, 0) is 4.79 Å². The number of carbonyl (C=O) groups is 1. The Labute approximate surface area is 97.6 Å². The van der Waals surface area contributed by atoms with Gasteiger partial charge in [0.05, 0.1) is 16.7 Å². The zero-order chi connectivity index (χ0) is 11.1. The van der Waals surface area contributed by atoms with Crippen molar-refractivity contribution in [1.29, 1.82) is 0 Å². The van der Waals surface area contributed by atoms with E-state index in [1.165, 1.54) is 0 Å². The highest BCUT2D eigenvalue weighted by molar-refractivity contribution is 9.10. The molecule has 1 amide bonds. The minimum absolute atomic E-state index is 0.000521. The van der Waals surface area contributed by atoms with E-state index in [0.717, 1.165) is 23.1 Å². The molecule has 0 saturated carbocycles. The fraction of sp³-hybridized carbons (Fsp3) is 0.400. The lowest BCUT2D eigenvalue weighted by molar-refractivity contribution is -0.119. The summed E-state index contributed by atoms with van der Waals surface area (Å²) in [6, 6.07) is 1.82. The average Bonchev–Trinajstić information content (AvgIpc) is 2.25. The summed E-state index contributed by atoms with van der Waals surface area (Å²) in [5.74, 6) is 0.000521. The molecule has 0 aliphatic carbocycles. The highest BCUT2D eigenvalue weighted by Gasteiger charge is 2.01. The molecule has 2 N–H and O–H groups in total. The van der Waals surface area contributed by atoms with Gasteiger partial charge in [-0.25, -0.2) is 0 Å². The predicted octanol–water partition coefficient (Wildman–Crippen LogP) is 1.78. The Morgan fingerprint density at radius 1 is 1.60 bits per heavy atom. The van der Waals surface area contributed by atoms with E-state index in [0.29, 0.717) is 0 Å². The van der Waals surface area contributed by atoms with Crippen LogP contribution in [0.1, 0.15) is 13.3 Å². The fourth-order valence-electron chi connectivity index (χ4n) is 1.02. The van der Waals surface area contributed by atoms with Gasteiger partial charge in [-0.3, -0.25) is 9.78 Å². The second kappa shape index (κ2) is 6.40. The molecule has 0 unspecified atom stereocenters. The normalized spacial score (nSPS) is 9.73. The van der Waals surface area contributed by atoms with E-state index in [4.69, 9.17) is 0 Å². The smallest absolute Gasteiger partial charge is 0.239 e. The molecule has 0 radical (unpaired) electrons. The lowest BCUT2D eigenvalue weighted by Gasteiger charge is -2.07. The van der Waals surface area contributed by atoms with Crippen molar-refractivity contribution < 1.29 is 4.79 Å². The summed E-state index contributed by atoms with van der Waals surface area (Å²) in [6.07, 6.45) is 4.31. The van der Waals surface area contributed by atoms with Crippen molar-refractivity contribution in [3.05, 3.63) is 22.9 Å². The molecule has 0 aromatic carbocycles. The third kappa shape index (κ3) is 4.29. The summed E-state index contributed by atoms with van der Waals surface area (Å²) in [4.78, 5) is 15.2. The van der Waals surface area contributed by atoms with E-state index in [1.807, 2.05) is 13.0 Å². The van der Waals surface area contributed by atoms with Crippen molar-refractivity contribution in [3.63, 3.8) is 0 Å². The zero-order valence-corrected chi connectivity index (χ0v) is 10.2. The first-order valence-electron chi connectivity index (χ1n) is 4.84. The number of hydrogen-bond acceptors (Lipinski definition) is 3. The summed E-state index contributed by atoms with van der Waals surface area (Å²) in [5, 5.41) is 5.81. The Balaban J connectivity index is 2.37. The first-order chi connectivity index (χ1) is 7.24. The van der Waals surface area contributed by atoms with E-state index in [-0.39, 0.29) is 12.5 Å². The molecule has 15 heavy (non-hydrogen) atoms. The van der Waals surface area contributed by atoms with Crippen LogP contribution in [0.2, 0.25) is 0 Å². The van der Waals surface area contributed by atoms with Crippen molar-refractivity contribution in [2.24, 2.45) is 0 Å². The van der Waals surface area contributed by atoms with Gasteiger partial charge in [-0.05, 0) is 28.4 Å². The molecule has 1 aromatic rings. The van der Waals surface area contributed by atoms with Gasteiger partial charge in [-0.2, -0.15) is 0 Å². The Morgan fingerprint density at radius 3 is 3.07 bits per heavy atom. The number of hydrogen-bond donors (Lipinski definition) is 2. The number of anilines is 1. The first kappa shape index (κ1) is 12.0. The van der Waals surface area contributed by atoms with Crippen LogP contribution >= 0.6 is 15.9 Å². The first-order valence-corrected chi connectivity index (χ1v) is 5.63. The number of nitrogens with zero attached hydrogens (tertiary/aromatic N) is 1. The number of rotatable bonds is 5. The van der Waals surface area contributed by atoms with Crippen molar-refractivity contribution in [2.45, 2.75) is 13.3 Å². The molecule has 82 valence electrons. The summed E-state index contributed by atoms with van der Waals surface area (Å²) in [5.41, 5.74) is 0.872. The number of pyridine rings is 1. The Bertz CT molecular complexity index is 330. The number of carbonyl (C=O) groups excluding carboxylic acids is 1. The average molecular weight is 272 g/mol. The van der Waals surface area contributed by atoms with E-state index >= 15 is 0 Å². The van der Waals surface area contributed by atoms with Crippen LogP contribution in [0.15, 0.2) is 22.9 Å². The monoisotopic (exact) mass is 271 g/mol. The quantitative estimate of drug-likeness (QED) is 0.859. The largest absolute Gasteiger partial charge is 0.375 e. The van der Waals surface area contributed by atoms with Crippen molar-refractivity contribution in [1.82, 2.24) is 10.3 Å². The number of nitrogens with one attached hydrogen (secondary N) is 2. The number of halogens is 1. The summed E-state index contributed by atoms with van der Waals surface area (Å²) in [6.45, 7) is 3.02. The maximum absolute atomic E-state index is 11.3. The summed E-state index contributed by atoms with van der Waals surface area (Å²) < 4.78 is 0.855. The van der Waals surface area contributed by atoms with Gasteiger partial charge in [0, 0.05) is 18.9 Å². The molecule has 0 aliphatic rings. The molecule has 0 atom stereocenters. The molecule has 5 heteroatoms. The highest BCUT2D eigenvalue weighted by atomic mass is 79.9. The SMILES string of the molecule is CCCNC(=O)CNc1ccncc1Br. The Morgan fingerprint density at radius 2 is 2.40 bits per heavy atom. The molecule has 0 bridgehead atoms. The second-order valence-electron chi connectivity index (χ2n) is 3.06. The number of aromatic nitrogens is 1. The van der Waals surface area contributed by atoms with Gasteiger partial charge < -0.3 is 10.6 Å². The van der Waals surface area contributed by atoms with Gasteiger partial charge in [-0.1, -0.05) is 6.92 Å². The second-order valence-corrected chi connectivity index (χ2v) is 3.91. The van der Waals surface area contributed by atoms with Gasteiger partial charge in [0.15, 0.2) is 0 Å². The maximum atomic E-state index is 11.3. The number of amides is 1. The topological polar surface area (TPSA) is 54.0 Å². The van der Waals surface area contributed by atoms with E-state index < -0.39 is 0 Å². The minimum Gasteiger partial charge on any atom is -0.375 e. The van der Waals surface area contributed by atoms with Crippen LogP contribution in [0.25, 0.3) is 0 Å². The van der Waals surface area contributed by atoms with Crippen molar-refractivity contribution >= 4 is 27.5 Å². The van der Waals surface area contributed by atoms with Crippen LogP contribution in [0.3, 0.4) is 0 Å². The van der Waals surface area contributed by atoms with Crippen LogP contribution in [0.5, 0.6) is 0 Å². The third-order valence-electron chi connectivity index (χ3n) is 1.78. The molecular formula is C10H14BrN3O. The van der Waals surface area contributed by atoms with E-state index in [2.05, 4.69) is 31.5 Å². The van der Waals surface area contributed by atoms with Gasteiger partial charge in [0.1, 0.15) is 0 Å². The third-order valence-corrected chi connectivity index (χ3v) is 2.42. The molecule has 1 heterocycles. The molecule has 0 spiro atoms. The Kier molecular flexibility index (Phi) is 5.10. The molecule has 0 saturated heterocycles. The van der Waals surface area contributed by atoms with Crippen LogP contribution in [0, 0.1) is 0 Å². The van der Waals surface area contributed by atoms with Gasteiger partial charge in [-0.15, -0.1) is 0 Å². The molecule has 0 fully saturated rings. The van der Waals surface area contributed by atoms with Crippen molar-refractivity contribution in [3.8, 4) is 0 Å². The van der Waals surface area contributed by atoms with Gasteiger partial charge in [0.25, 0.3) is 0 Å². The Hall–Kier alpha value is -1.10. The summed E-state index contributed by atoms with van der Waals surface area (Å²) >= 11 is 3.34. The van der Waals surface area contributed by atoms with E-state index in [9.17, 15) is 4.79 Å². The van der Waals surface area contributed by atoms with Crippen LogP contribution in [0.4, 0.5) is 5.69 Å². The predicted molar refractivity (Wildman–Crippen MR) is 63.7 cm³/mol. The standard InChI is InChI=1S/C10H14BrN3O/c1-2-4-13-10(15)7-14-9-3-5-12-6-8(9)11/h3,5-6H,2,4,7H2,1H3,(H,12,14)(H,13,15). The van der Waals surface area contributed by atoms with Crippen LogP contribution < -0.4 is 10.6 Å². The summed E-state index contributed by atoms with van der Waals surface area (Å²) in [7, 11) is 0. The fourth-order valence-corrected chi connectivity index (χ4v) is 1.41. The zero-order valence-electron chi connectivity index (χ0n) is 8.59. The van der Waals surface area contributed by atoms with Crippen LogP contribution in [-0.4, -0.2) is 24.0 Å². The van der Waals surface area contributed by atoms with E-state index in [1.54, 1.807) is 12.4 Å².